The van der Waals surface area contributed by atoms with Crippen molar-refractivity contribution in [3.05, 3.63) is 41.0 Å². The van der Waals surface area contributed by atoms with Crippen molar-refractivity contribution in [2.45, 2.75) is 6.42 Å². The van der Waals surface area contributed by atoms with Gasteiger partial charge in [0, 0.05) is 12.0 Å². The molecule has 17 heavy (non-hydrogen) atoms. The summed E-state index contributed by atoms with van der Waals surface area (Å²) in [6.07, 6.45) is 2.26. The van der Waals surface area contributed by atoms with Crippen molar-refractivity contribution >= 4 is 18.0 Å². The van der Waals surface area contributed by atoms with Gasteiger partial charge in [0.25, 0.3) is 0 Å². The summed E-state index contributed by atoms with van der Waals surface area (Å²) in [6, 6.07) is 6.99. The average molecular weight is 232 g/mol. The molecular formula is C13H12O4. The van der Waals surface area contributed by atoms with Crippen molar-refractivity contribution in [1.29, 1.82) is 0 Å². The lowest BCUT2D eigenvalue weighted by Gasteiger charge is -2.03. The number of cyclic esters (lactones) is 1. The molecule has 0 spiro atoms. The second kappa shape index (κ2) is 4.82. The van der Waals surface area contributed by atoms with Gasteiger partial charge in [-0.3, -0.25) is 0 Å². The Morgan fingerprint density at radius 1 is 1.41 bits per heavy atom. The Morgan fingerprint density at radius 3 is 2.82 bits per heavy atom. The number of methoxy groups -OCH3 is 1. The van der Waals surface area contributed by atoms with E-state index in [1.165, 1.54) is 7.11 Å². The van der Waals surface area contributed by atoms with Crippen LogP contribution in [0, 0.1) is 0 Å². The van der Waals surface area contributed by atoms with E-state index in [1.54, 1.807) is 30.3 Å². The highest BCUT2D eigenvalue weighted by Gasteiger charge is 2.19. The van der Waals surface area contributed by atoms with Gasteiger partial charge in [-0.1, -0.05) is 18.2 Å². The van der Waals surface area contributed by atoms with Crippen LogP contribution < -0.4 is 0 Å². The Labute approximate surface area is 98.8 Å². The highest BCUT2D eigenvalue weighted by Crippen LogP contribution is 2.20. The van der Waals surface area contributed by atoms with Gasteiger partial charge in [0.15, 0.2) is 0 Å². The van der Waals surface area contributed by atoms with Crippen LogP contribution in [0.1, 0.15) is 22.3 Å². The number of benzene rings is 1. The normalized spacial score (nSPS) is 17.0. The zero-order valence-electron chi connectivity index (χ0n) is 9.43. The summed E-state index contributed by atoms with van der Waals surface area (Å²) in [4.78, 5) is 22.8. The Balaban J connectivity index is 2.39. The van der Waals surface area contributed by atoms with E-state index in [0.717, 1.165) is 0 Å². The number of carbonyl (C=O) groups is 2. The minimum Gasteiger partial charge on any atom is -0.465 e. The fourth-order valence-corrected chi connectivity index (χ4v) is 1.69. The van der Waals surface area contributed by atoms with Gasteiger partial charge in [0.05, 0.1) is 19.3 Å². The maximum Gasteiger partial charge on any atom is 0.338 e. The lowest BCUT2D eigenvalue weighted by molar-refractivity contribution is -0.134. The minimum absolute atomic E-state index is 0.315. The highest BCUT2D eigenvalue weighted by atomic mass is 16.5. The van der Waals surface area contributed by atoms with Gasteiger partial charge < -0.3 is 9.47 Å². The van der Waals surface area contributed by atoms with E-state index >= 15 is 0 Å². The molecule has 4 heteroatoms. The van der Waals surface area contributed by atoms with Crippen molar-refractivity contribution in [3.8, 4) is 0 Å². The first-order chi connectivity index (χ1) is 8.22. The summed E-state index contributed by atoms with van der Waals surface area (Å²) in [5.41, 5.74) is 1.71. The summed E-state index contributed by atoms with van der Waals surface area (Å²) in [7, 11) is 1.33. The molecule has 1 heterocycles. The molecule has 1 aliphatic heterocycles. The first-order valence-electron chi connectivity index (χ1n) is 5.27. The second-order valence-electron chi connectivity index (χ2n) is 3.63. The largest absolute Gasteiger partial charge is 0.465 e. The van der Waals surface area contributed by atoms with E-state index in [4.69, 9.17) is 4.74 Å². The predicted octanol–water partition coefficient (Wildman–Crippen LogP) is 1.80. The third-order valence-electron chi connectivity index (χ3n) is 2.56. The zero-order chi connectivity index (χ0) is 12.3. The molecule has 4 nitrogen and oxygen atoms in total. The standard InChI is InChI=1S/C13H12O4/c1-16-13(15)11-5-3-2-4-9(11)8-10-6-7-17-12(10)14/h2-5,8H,6-7H2,1H3/b10-8+. The molecular weight excluding hydrogens is 220 g/mol. The van der Waals surface area contributed by atoms with Gasteiger partial charge in [-0.25, -0.2) is 9.59 Å². The molecule has 1 aliphatic rings. The maximum atomic E-state index is 11.5. The first kappa shape index (κ1) is 11.4. The number of ether oxygens (including phenoxy) is 2. The molecule has 1 aromatic carbocycles. The van der Waals surface area contributed by atoms with Crippen molar-refractivity contribution in [3.63, 3.8) is 0 Å². The molecule has 2 rings (SSSR count). The molecule has 0 radical (unpaired) electrons. The van der Waals surface area contributed by atoms with E-state index in [1.807, 2.05) is 0 Å². The lowest BCUT2D eigenvalue weighted by Crippen LogP contribution is -2.04. The van der Waals surface area contributed by atoms with E-state index in [-0.39, 0.29) is 5.97 Å². The molecule has 0 saturated carbocycles. The van der Waals surface area contributed by atoms with Gasteiger partial charge in [0.1, 0.15) is 0 Å². The number of esters is 2. The van der Waals surface area contributed by atoms with E-state index in [9.17, 15) is 9.59 Å². The molecule has 1 aromatic rings. The smallest absolute Gasteiger partial charge is 0.338 e. The van der Waals surface area contributed by atoms with Crippen LogP contribution in [0.25, 0.3) is 6.08 Å². The van der Waals surface area contributed by atoms with Crippen LogP contribution in [0.5, 0.6) is 0 Å². The third-order valence-corrected chi connectivity index (χ3v) is 2.56. The first-order valence-corrected chi connectivity index (χ1v) is 5.27. The molecule has 0 atom stereocenters. The molecule has 1 saturated heterocycles. The molecule has 0 unspecified atom stereocenters. The van der Waals surface area contributed by atoms with Crippen molar-refractivity contribution in [2.75, 3.05) is 13.7 Å². The Hall–Kier alpha value is -2.10. The molecule has 0 aliphatic carbocycles. The number of hydrogen-bond donors (Lipinski definition) is 0. The number of carbonyl (C=O) groups excluding carboxylic acids is 2. The van der Waals surface area contributed by atoms with Crippen LogP contribution in [0.2, 0.25) is 0 Å². The van der Waals surface area contributed by atoms with Crippen LogP contribution >= 0.6 is 0 Å². The summed E-state index contributed by atoms with van der Waals surface area (Å²) in [5, 5.41) is 0. The van der Waals surface area contributed by atoms with Gasteiger partial charge in [-0.2, -0.15) is 0 Å². The highest BCUT2D eigenvalue weighted by molar-refractivity contribution is 5.99. The Morgan fingerprint density at radius 2 is 2.18 bits per heavy atom. The lowest BCUT2D eigenvalue weighted by atomic mass is 10.0. The Kier molecular flexibility index (Phi) is 3.23. The summed E-state index contributed by atoms with van der Waals surface area (Å²) in [6.45, 7) is 0.408. The van der Waals surface area contributed by atoms with Gasteiger partial charge in [0.2, 0.25) is 0 Å². The van der Waals surface area contributed by atoms with Gasteiger partial charge in [-0.15, -0.1) is 0 Å². The average Bonchev–Trinajstić information content (AvgIpc) is 2.75. The topological polar surface area (TPSA) is 52.6 Å². The zero-order valence-corrected chi connectivity index (χ0v) is 9.43. The van der Waals surface area contributed by atoms with Crippen molar-refractivity contribution in [2.24, 2.45) is 0 Å². The fourth-order valence-electron chi connectivity index (χ4n) is 1.69. The monoisotopic (exact) mass is 232 g/mol. The predicted molar refractivity (Wildman–Crippen MR) is 61.3 cm³/mol. The molecule has 0 amide bonds. The van der Waals surface area contributed by atoms with E-state index in [0.29, 0.717) is 29.7 Å². The molecule has 1 fully saturated rings. The second-order valence-corrected chi connectivity index (χ2v) is 3.63. The van der Waals surface area contributed by atoms with Crippen molar-refractivity contribution in [1.82, 2.24) is 0 Å². The molecule has 0 N–H and O–H groups in total. The third kappa shape index (κ3) is 2.36. The maximum absolute atomic E-state index is 11.5. The Bertz CT molecular complexity index is 488. The summed E-state index contributed by atoms with van der Waals surface area (Å²) >= 11 is 0. The number of hydrogen-bond acceptors (Lipinski definition) is 4. The summed E-state index contributed by atoms with van der Waals surface area (Å²) < 4.78 is 9.52. The van der Waals surface area contributed by atoms with Gasteiger partial charge >= 0.3 is 11.9 Å². The van der Waals surface area contributed by atoms with Crippen LogP contribution in [0.15, 0.2) is 29.8 Å². The molecule has 88 valence electrons. The quantitative estimate of drug-likeness (QED) is 0.576. The van der Waals surface area contributed by atoms with E-state index in [2.05, 4.69) is 4.74 Å². The minimum atomic E-state index is -0.413. The summed E-state index contributed by atoms with van der Waals surface area (Å²) in [5.74, 6) is -0.728. The molecule has 0 aromatic heterocycles. The van der Waals surface area contributed by atoms with Gasteiger partial charge in [-0.05, 0) is 17.7 Å². The SMILES string of the molecule is COC(=O)c1ccccc1/C=C1\CCOC1=O. The fraction of sp³-hybridized carbons (Fsp3) is 0.231. The van der Waals surface area contributed by atoms with Crippen LogP contribution in [-0.2, 0) is 14.3 Å². The molecule has 0 bridgehead atoms. The van der Waals surface area contributed by atoms with Crippen molar-refractivity contribution < 1.29 is 19.1 Å². The van der Waals surface area contributed by atoms with Crippen LogP contribution in [-0.4, -0.2) is 25.7 Å². The van der Waals surface area contributed by atoms with Crippen LogP contribution in [0.4, 0.5) is 0 Å². The number of rotatable bonds is 2. The van der Waals surface area contributed by atoms with Crippen LogP contribution in [0.3, 0.4) is 0 Å². The van der Waals surface area contributed by atoms with E-state index < -0.39 is 5.97 Å².